The van der Waals surface area contributed by atoms with Crippen LogP contribution in [-0.4, -0.2) is 81.0 Å². The fourth-order valence-electron chi connectivity index (χ4n) is 2.43. The number of nitrogens with two attached hydrogens (primary N) is 2. The van der Waals surface area contributed by atoms with Gasteiger partial charge in [-0.05, 0) is 12.3 Å². The molecule has 4 atom stereocenters. The Hall–Kier alpha value is -3.75. The van der Waals surface area contributed by atoms with Gasteiger partial charge in [0.25, 0.3) is 0 Å². The first-order chi connectivity index (χ1) is 15.1. The molecular weight excluding hydrogens is 446 g/mol. The summed E-state index contributed by atoms with van der Waals surface area (Å²) in [7, 11) is 0. The van der Waals surface area contributed by atoms with Gasteiger partial charge in [-0.3, -0.25) is 28.8 Å². The van der Waals surface area contributed by atoms with Gasteiger partial charge in [-0.1, -0.05) is 13.8 Å². The molecule has 0 bridgehead atoms. The zero-order chi connectivity index (χ0) is 25.9. The first-order valence-electron chi connectivity index (χ1n) is 9.77. The molecule has 0 aromatic rings. The number of carbonyl (C=O) groups excluding carboxylic acids is 4. The van der Waals surface area contributed by atoms with Gasteiger partial charge in [0.1, 0.15) is 18.1 Å². The highest BCUT2D eigenvalue weighted by molar-refractivity contribution is 5.97. The third kappa shape index (κ3) is 11.4. The van der Waals surface area contributed by atoms with Gasteiger partial charge in [0.2, 0.25) is 23.6 Å². The van der Waals surface area contributed by atoms with Crippen LogP contribution in [0.1, 0.15) is 39.5 Å². The van der Waals surface area contributed by atoms with E-state index in [1.54, 1.807) is 13.8 Å². The van der Waals surface area contributed by atoms with E-state index in [1.807, 2.05) is 5.32 Å². The van der Waals surface area contributed by atoms with Crippen molar-refractivity contribution in [2.45, 2.75) is 63.7 Å². The molecule has 10 N–H and O–H groups in total. The highest BCUT2D eigenvalue weighted by Crippen LogP contribution is 2.04. The fraction of sp³-hybridized carbons (Fsp3) is 0.611. The maximum atomic E-state index is 12.6. The number of primary amides is 1. The molecule has 0 aromatic heterocycles. The number of amides is 4. The van der Waals surface area contributed by atoms with E-state index >= 15 is 0 Å². The molecule has 0 saturated heterocycles. The van der Waals surface area contributed by atoms with Crippen LogP contribution in [0.25, 0.3) is 0 Å². The van der Waals surface area contributed by atoms with E-state index in [4.69, 9.17) is 26.8 Å². The van der Waals surface area contributed by atoms with Crippen molar-refractivity contribution >= 4 is 41.5 Å². The molecular formula is C18H29N5O10. The van der Waals surface area contributed by atoms with E-state index in [0.717, 1.165) is 0 Å². The maximum Gasteiger partial charge on any atom is 0.326 e. The van der Waals surface area contributed by atoms with Crippen LogP contribution in [0.5, 0.6) is 0 Å². The van der Waals surface area contributed by atoms with E-state index in [2.05, 4.69) is 10.6 Å². The van der Waals surface area contributed by atoms with Crippen molar-refractivity contribution in [3.05, 3.63) is 0 Å². The predicted molar refractivity (Wildman–Crippen MR) is 109 cm³/mol. The molecule has 15 heteroatoms. The SMILES string of the molecule is CC(C)C(N)C(=O)NC(CC(=O)O)C(=O)NC(CC(N)=O)C(=O)NC(CCC(=O)O)C(=O)O. The molecule has 186 valence electrons. The van der Waals surface area contributed by atoms with E-state index in [-0.39, 0.29) is 5.92 Å². The summed E-state index contributed by atoms with van der Waals surface area (Å²) < 4.78 is 0. The number of carboxylic acid groups (broad SMARTS) is 3. The summed E-state index contributed by atoms with van der Waals surface area (Å²) in [6.07, 6.45) is -2.75. The first-order valence-corrected chi connectivity index (χ1v) is 9.77. The number of rotatable bonds is 15. The van der Waals surface area contributed by atoms with Crippen LogP contribution >= 0.6 is 0 Å². The van der Waals surface area contributed by atoms with Crippen LogP contribution < -0.4 is 27.4 Å². The molecule has 0 aliphatic carbocycles. The molecule has 4 amide bonds. The molecule has 4 unspecified atom stereocenters. The van der Waals surface area contributed by atoms with Crippen LogP contribution in [0, 0.1) is 5.92 Å². The lowest BCUT2D eigenvalue weighted by molar-refractivity contribution is -0.144. The fourth-order valence-corrected chi connectivity index (χ4v) is 2.43. The molecule has 0 spiro atoms. The summed E-state index contributed by atoms with van der Waals surface area (Å²) >= 11 is 0. The molecule has 33 heavy (non-hydrogen) atoms. The number of nitrogens with one attached hydrogen (secondary N) is 3. The maximum absolute atomic E-state index is 12.6. The van der Waals surface area contributed by atoms with Gasteiger partial charge in [0, 0.05) is 6.42 Å². The molecule has 0 saturated carbocycles. The van der Waals surface area contributed by atoms with Crippen LogP contribution in [0.3, 0.4) is 0 Å². The Labute approximate surface area is 188 Å². The van der Waals surface area contributed by atoms with Crippen molar-refractivity contribution in [3.8, 4) is 0 Å². The summed E-state index contributed by atoms with van der Waals surface area (Å²) in [4.78, 5) is 81.6. The topological polar surface area (TPSA) is 268 Å². The Bertz CT molecular complexity index is 785. The Morgan fingerprint density at radius 1 is 0.727 bits per heavy atom. The Morgan fingerprint density at radius 2 is 1.18 bits per heavy atom. The molecule has 0 rings (SSSR count). The highest BCUT2D eigenvalue weighted by atomic mass is 16.4. The van der Waals surface area contributed by atoms with Crippen LogP contribution in [0.4, 0.5) is 0 Å². The number of hydrogen-bond acceptors (Lipinski definition) is 8. The Balaban J connectivity index is 5.56. The van der Waals surface area contributed by atoms with Gasteiger partial charge in [0.05, 0.1) is 18.9 Å². The minimum absolute atomic E-state index is 0.342. The van der Waals surface area contributed by atoms with E-state index in [0.29, 0.717) is 0 Å². The first kappa shape index (κ1) is 29.2. The quantitative estimate of drug-likeness (QED) is 0.116. The van der Waals surface area contributed by atoms with Crippen LogP contribution in [0.2, 0.25) is 0 Å². The standard InChI is InChI=1S/C18H29N5O10/c1-7(2)14(20)17(31)23-10(6-13(27)28)16(30)22-9(5-11(19)24)15(29)21-8(18(32)33)3-4-12(25)26/h7-10,14H,3-6,20H2,1-2H3,(H2,19,24)(H,21,29)(H,22,30)(H,23,31)(H,25,26)(H,27,28)(H,32,33). The molecule has 0 aromatic carbocycles. The lowest BCUT2D eigenvalue weighted by atomic mass is 10.0. The van der Waals surface area contributed by atoms with Crippen molar-refractivity contribution in [1.82, 2.24) is 16.0 Å². The summed E-state index contributed by atoms with van der Waals surface area (Å²) in [5.41, 5.74) is 10.7. The second kappa shape index (κ2) is 13.6. The van der Waals surface area contributed by atoms with Gasteiger partial charge in [-0.25, -0.2) is 4.79 Å². The molecule has 0 fully saturated rings. The minimum atomic E-state index is -1.73. The van der Waals surface area contributed by atoms with E-state index in [9.17, 15) is 33.6 Å². The number of carbonyl (C=O) groups is 7. The number of carboxylic acids is 3. The van der Waals surface area contributed by atoms with Crippen LogP contribution in [0.15, 0.2) is 0 Å². The molecule has 0 radical (unpaired) electrons. The van der Waals surface area contributed by atoms with Gasteiger partial charge in [0.15, 0.2) is 0 Å². The third-order valence-corrected chi connectivity index (χ3v) is 4.33. The average Bonchev–Trinajstić information content (AvgIpc) is 2.67. The molecule has 15 nitrogen and oxygen atoms in total. The van der Waals surface area contributed by atoms with Crippen molar-refractivity contribution in [2.24, 2.45) is 17.4 Å². The summed E-state index contributed by atoms with van der Waals surface area (Å²) in [6.45, 7) is 3.24. The normalized spacial score (nSPS) is 14.3. The van der Waals surface area contributed by atoms with Gasteiger partial charge in [-0.2, -0.15) is 0 Å². The third-order valence-electron chi connectivity index (χ3n) is 4.33. The predicted octanol–water partition coefficient (Wildman–Crippen LogP) is -3.28. The van der Waals surface area contributed by atoms with E-state index in [1.165, 1.54) is 0 Å². The second-order valence-electron chi connectivity index (χ2n) is 7.49. The molecule has 0 aliphatic rings. The number of aliphatic carboxylic acids is 3. The summed E-state index contributed by atoms with van der Waals surface area (Å²) in [5, 5.41) is 33.1. The van der Waals surface area contributed by atoms with Crippen molar-refractivity contribution in [2.75, 3.05) is 0 Å². The van der Waals surface area contributed by atoms with Crippen molar-refractivity contribution < 1.29 is 48.9 Å². The monoisotopic (exact) mass is 475 g/mol. The molecule has 0 heterocycles. The highest BCUT2D eigenvalue weighted by Gasteiger charge is 2.32. The zero-order valence-corrected chi connectivity index (χ0v) is 18.1. The van der Waals surface area contributed by atoms with Crippen LogP contribution in [-0.2, 0) is 33.6 Å². The minimum Gasteiger partial charge on any atom is -0.481 e. The lowest BCUT2D eigenvalue weighted by Crippen LogP contribution is -2.58. The second-order valence-corrected chi connectivity index (χ2v) is 7.49. The zero-order valence-electron chi connectivity index (χ0n) is 18.1. The summed E-state index contributed by atoms with van der Waals surface area (Å²) in [6, 6.07) is -6.12. The van der Waals surface area contributed by atoms with Gasteiger partial charge >= 0.3 is 17.9 Å². The van der Waals surface area contributed by atoms with Gasteiger partial charge < -0.3 is 42.7 Å². The Kier molecular flexibility index (Phi) is 12.1. The van der Waals surface area contributed by atoms with Gasteiger partial charge in [-0.15, -0.1) is 0 Å². The molecule has 0 aliphatic heterocycles. The largest absolute Gasteiger partial charge is 0.481 e. The number of hydrogen-bond donors (Lipinski definition) is 8. The smallest absolute Gasteiger partial charge is 0.326 e. The van der Waals surface area contributed by atoms with E-state index < -0.39 is 91.4 Å². The van der Waals surface area contributed by atoms with Crippen molar-refractivity contribution in [3.63, 3.8) is 0 Å². The lowest BCUT2D eigenvalue weighted by Gasteiger charge is -2.24. The van der Waals surface area contributed by atoms with Crippen molar-refractivity contribution in [1.29, 1.82) is 0 Å². The Morgan fingerprint density at radius 3 is 1.58 bits per heavy atom. The average molecular weight is 475 g/mol. The summed E-state index contributed by atoms with van der Waals surface area (Å²) in [5.74, 6) is -8.93.